The lowest BCUT2D eigenvalue weighted by atomic mass is 10.1. The van der Waals surface area contributed by atoms with E-state index in [0.29, 0.717) is 39.0 Å². The first-order chi connectivity index (χ1) is 12.6. The fourth-order valence-corrected chi connectivity index (χ4v) is 3.28. The van der Waals surface area contributed by atoms with E-state index in [-0.39, 0.29) is 11.8 Å². The Morgan fingerprint density at radius 3 is 2.27 bits per heavy atom. The Morgan fingerprint density at radius 1 is 1.04 bits per heavy atom. The van der Waals surface area contributed by atoms with E-state index in [1.165, 1.54) is 0 Å². The van der Waals surface area contributed by atoms with Crippen molar-refractivity contribution in [3.05, 3.63) is 53.3 Å². The second-order valence-corrected chi connectivity index (χ2v) is 6.63. The molecule has 2 heterocycles. The number of nitrogens with zero attached hydrogens (tertiary/aromatic N) is 2. The van der Waals surface area contributed by atoms with E-state index in [1.54, 1.807) is 7.11 Å². The second kappa shape index (κ2) is 8.08. The van der Waals surface area contributed by atoms with Crippen LogP contribution in [-0.4, -0.2) is 59.9 Å². The van der Waals surface area contributed by atoms with Crippen LogP contribution in [0.4, 0.5) is 0 Å². The number of H-pyrrole nitrogens is 1. The summed E-state index contributed by atoms with van der Waals surface area (Å²) in [6, 6.07) is 9.66. The number of hydrogen-bond acceptors (Lipinski definition) is 3. The van der Waals surface area contributed by atoms with Gasteiger partial charge in [-0.3, -0.25) is 9.59 Å². The molecular formula is C20H25N3O3. The Bertz CT molecular complexity index is 763. The van der Waals surface area contributed by atoms with E-state index in [0.717, 1.165) is 22.6 Å². The molecule has 2 aromatic rings. The predicted molar refractivity (Wildman–Crippen MR) is 99.1 cm³/mol. The summed E-state index contributed by atoms with van der Waals surface area (Å²) in [5.74, 6) is 0.911. The van der Waals surface area contributed by atoms with Crippen LogP contribution >= 0.6 is 0 Å². The van der Waals surface area contributed by atoms with Crippen molar-refractivity contribution in [2.45, 2.75) is 19.8 Å². The lowest BCUT2D eigenvalue weighted by Crippen LogP contribution is -2.51. The second-order valence-electron chi connectivity index (χ2n) is 6.63. The van der Waals surface area contributed by atoms with Crippen molar-refractivity contribution in [3.8, 4) is 5.75 Å². The third-order valence-corrected chi connectivity index (χ3v) is 4.77. The van der Waals surface area contributed by atoms with Gasteiger partial charge in [-0.25, -0.2) is 0 Å². The molecule has 0 aliphatic carbocycles. The number of rotatable bonds is 5. The van der Waals surface area contributed by atoms with Crippen LogP contribution in [-0.2, 0) is 22.4 Å². The maximum Gasteiger partial charge on any atom is 0.228 e. The highest BCUT2D eigenvalue weighted by molar-refractivity contribution is 5.81. The largest absolute Gasteiger partial charge is 0.496 e. The molecule has 6 nitrogen and oxygen atoms in total. The van der Waals surface area contributed by atoms with Crippen molar-refractivity contribution < 1.29 is 14.3 Å². The van der Waals surface area contributed by atoms with Gasteiger partial charge in [0.05, 0.1) is 20.0 Å². The molecule has 138 valence electrons. The minimum absolute atomic E-state index is 0.0744. The number of ether oxygens (including phenoxy) is 1. The summed E-state index contributed by atoms with van der Waals surface area (Å²) >= 11 is 0. The number of carbonyl (C=O) groups is 2. The SMILES string of the molecule is COc1ccc(C)cc1CC(=O)N1CCN(C(=O)Cc2ccc[nH]2)CC1. The van der Waals surface area contributed by atoms with Gasteiger partial charge in [0.1, 0.15) is 5.75 Å². The number of carbonyl (C=O) groups excluding carboxylic acids is 2. The van der Waals surface area contributed by atoms with Gasteiger partial charge >= 0.3 is 0 Å². The number of methoxy groups -OCH3 is 1. The number of aromatic amines is 1. The topological polar surface area (TPSA) is 65.6 Å². The molecule has 1 N–H and O–H groups in total. The fourth-order valence-electron chi connectivity index (χ4n) is 3.28. The molecule has 3 rings (SSSR count). The quantitative estimate of drug-likeness (QED) is 0.889. The highest BCUT2D eigenvalue weighted by Crippen LogP contribution is 2.21. The van der Waals surface area contributed by atoms with Crippen LogP contribution in [0.15, 0.2) is 36.5 Å². The van der Waals surface area contributed by atoms with Crippen molar-refractivity contribution in [3.63, 3.8) is 0 Å². The molecule has 26 heavy (non-hydrogen) atoms. The molecule has 1 aromatic carbocycles. The van der Waals surface area contributed by atoms with Crippen LogP contribution in [0.5, 0.6) is 5.75 Å². The molecule has 0 atom stereocenters. The molecule has 0 radical (unpaired) electrons. The van der Waals surface area contributed by atoms with Crippen LogP contribution < -0.4 is 4.74 Å². The summed E-state index contributed by atoms with van der Waals surface area (Å²) in [6.45, 7) is 4.31. The van der Waals surface area contributed by atoms with Crippen molar-refractivity contribution in [1.29, 1.82) is 0 Å². The highest BCUT2D eigenvalue weighted by Gasteiger charge is 2.24. The van der Waals surface area contributed by atoms with E-state index in [9.17, 15) is 9.59 Å². The maximum absolute atomic E-state index is 12.6. The Morgan fingerprint density at radius 2 is 1.69 bits per heavy atom. The normalized spacial score (nSPS) is 14.4. The Hall–Kier alpha value is -2.76. The predicted octanol–water partition coefficient (Wildman–Crippen LogP) is 1.79. The first-order valence-electron chi connectivity index (χ1n) is 8.88. The number of hydrogen-bond donors (Lipinski definition) is 1. The van der Waals surface area contributed by atoms with Gasteiger partial charge in [-0.1, -0.05) is 17.7 Å². The smallest absolute Gasteiger partial charge is 0.228 e. The van der Waals surface area contributed by atoms with Gasteiger partial charge < -0.3 is 19.5 Å². The molecular weight excluding hydrogens is 330 g/mol. The maximum atomic E-state index is 12.6. The van der Waals surface area contributed by atoms with Crippen LogP contribution in [0.3, 0.4) is 0 Å². The molecule has 1 aliphatic heterocycles. The van der Waals surface area contributed by atoms with Gasteiger partial charge in [0.15, 0.2) is 0 Å². The van der Waals surface area contributed by atoms with Gasteiger partial charge in [0, 0.05) is 43.6 Å². The molecule has 1 fully saturated rings. The van der Waals surface area contributed by atoms with E-state index < -0.39 is 0 Å². The number of amides is 2. The van der Waals surface area contributed by atoms with Gasteiger partial charge in [-0.05, 0) is 25.1 Å². The summed E-state index contributed by atoms with van der Waals surface area (Å²) in [5.41, 5.74) is 2.93. The monoisotopic (exact) mass is 355 g/mol. The van der Waals surface area contributed by atoms with Crippen LogP contribution in [0.1, 0.15) is 16.8 Å². The average molecular weight is 355 g/mol. The summed E-state index contributed by atoms with van der Waals surface area (Å²) in [7, 11) is 1.62. The van der Waals surface area contributed by atoms with Crippen LogP contribution in [0.25, 0.3) is 0 Å². The molecule has 1 aromatic heterocycles. The number of benzene rings is 1. The van der Waals surface area contributed by atoms with Crippen molar-refractivity contribution in [2.24, 2.45) is 0 Å². The van der Waals surface area contributed by atoms with E-state index in [4.69, 9.17) is 4.74 Å². The van der Waals surface area contributed by atoms with Crippen molar-refractivity contribution in [1.82, 2.24) is 14.8 Å². The molecule has 0 unspecified atom stereocenters. The number of aromatic nitrogens is 1. The number of nitrogens with one attached hydrogen (secondary N) is 1. The fraction of sp³-hybridized carbons (Fsp3) is 0.400. The molecule has 0 spiro atoms. The van der Waals surface area contributed by atoms with Gasteiger partial charge in [0.25, 0.3) is 0 Å². The van der Waals surface area contributed by atoms with E-state index in [1.807, 2.05) is 53.3 Å². The summed E-state index contributed by atoms with van der Waals surface area (Å²) in [6.07, 6.45) is 2.52. The Kier molecular flexibility index (Phi) is 5.61. The minimum Gasteiger partial charge on any atom is -0.496 e. The average Bonchev–Trinajstić information content (AvgIpc) is 3.15. The number of piperazine rings is 1. The zero-order valence-corrected chi connectivity index (χ0v) is 15.3. The van der Waals surface area contributed by atoms with Crippen LogP contribution in [0, 0.1) is 6.92 Å². The van der Waals surface area contributed by atoms with Gasteiger partial charge in [-0.2, -0.15) is 0 Å². The molecule has 2 amide bonds. The lowest BCUT2D eigenvalue weighted by molar-refractivity contribution is -0.138. The standard InChI is InChI=1S/C20H25N3O3/c1-15-5-6-18(26-2)16(12-15)13-19(24)22-8-10-23(11-9-22)20(25)14-17-4-3-7-21-17/h3-7,12,21H,8-11,13-14H2,1-2H3. The molecule has 6 heteroatoms. The molecule has 1 aliphatic rings. The van der Waals surface area contributed by atoms with E-state index >= 15 is 0 Å². The Balaban J connectivity index is 1.54. The zero-order valence-electron chi connectivity index (χ0n) is 15.3. The summed E-state index contributed by atoms with van der Waals surface area (Å²) < 4.78 is 5.36. The van der Waals surface area contributed by atoms with Crippen molar-refractivity contribution in [2.75, 3.05) is 33.3 Å². The zero-order chi connectivity index (χ0) is 18.5. The van der Waals surface area contributed by atoms with E-state index in [2.05, 4.69) is 4.98 Å². The molecule has 0 bridgehead atoms. The molecule has 0 saturated carbocycles. The van der Waals surface area contributed by atoms with Crippen molar-refractivity contribution >= 4 is 11.8 Å². The van der Waals surface area contributed by atoms with Crippen LogP contribution in [0.2, 0.25) is 0 Å². The molecule has 1 saturated heterocycles. The highest BCUT2D eigenvalue weighted by atomic mass is 16.5. The van der Waals surface area contributed by atoms with Gasteiger partial charge in [0.2, 0.25) is 11.8 Å². The summed E-state index contributed by atoms with van der Waals surface area (Å²) in [4.78, 5) is 31.7. The Labute approximate surface area is 153 Å². The number of aryl methyl sites for hydroxylation is 1. The minimum atomic E-state index is 0.0744. The lowest BCUT2D eigenvalue weighted by Gasteiger charge is -2.35. The van der Waals surface area contributed by atoms with Gasteiger partial charge in [-0.15, -0.1) is 0 Å². The third kappa shape index (κ3) is 4.25. The first-order valence-corrected chi connectivity index (χ1v) is 8.88. The third-order valence-electron chi connectivity index (χ3n) is 4.77. The first kappa shape index (κ1) is 18.0. The summed E-state index contributed by atoms with van der Waals surface area (Å²) in [5, 5.41) is 0.